The summed E-state index contributed by atoms with van der Waals surface area (Å²) in [5.41, 5.74) is 19.6. The Bertz CT molecular complexity index is 1790. The third-order valence-corrected chi connectivity index (χ3v) is 7.93. The van der Waals surface area contributed by atoms with Crippen molar-refractivity contribution >= 4 is 46.4 Å². The highest BCUT2D eigenvalue weighted by molar-refractivity contribution is 5.96. The molecular formula is C34H43N11O5. The fourth-order valence-corrected chi connectivity index (χ4v) is 5.46. The van der Waals surface area contributed by atoms with Crippen LogP contribution in [0.5, 0.6) is 0 Å². The van der Waals surface area contributed by atoms with Gasteiger partial charge in [0.1, 0.15) is 24.2 Å². The van der Waals surface area contributed by atoms with Gasteiger partial charge in [0.15, 0.2) is 5.96 Å². The van der Waals surface area contributed by atoms with Gasteiger partial charge in [-0.3, -0.25) is 29.0 Å². The van der Waals surface area contributed by atoms with E-state index in [0.717, 1.165) is 22.0 Å². The maximum atomic E-state index is 14.0. The molecule has 2 heterocycles. The lowest BCUT2D eigenvalue weighted by molar-refractivity contribution is -0.134. The first kappa shape index (κ1) is 36.6. The number of benzene rings is 2. The topological polar surface area (TPSA) is 268 Å². The van der Waals surface area contributed by atoms with Gasteiger partial charge in [0.25, 0.3) is 0 Å². The molecule has 4 rings (SSSR count). The molecule has 4 atom stereocenters. The molecule has 0 bridgehead atoms. The molecule has 0 saturated carbocycles. The molecular weight excluding hydrogens is 642 g/mol. The highest BCUT2D eigenvalue weighted by Gasteiger charge is 2.31. The number of para-hydroxylation sites is 1. The zero-order valence-electron chi connectivity index (χ0n) is 27.6. The van der Waals surface area contributed by atoms with E-state index >= 15 is 0 Å². The minimum Gasteiger partial charge on any atom is -0.370 e. The minimum absolute atomic E-state index is 0.0715. The Hall–Kier alpha value is -6.19. The number of nitrogens with zero attached hydrogens (tertiary/aromatic N) is 2. The first-order valence-electron chi connectivity index (χ1n) is 16.1. The van der Waals surface area contributed by atoms with E-state index in [9.17, 15) is 24.0 Å². The number of carbonyl (C=O) groups excluding carboxylic acids is 5. The number of aromatic nitrogens is 3. The molecule has 2 aromatic heterocycles. The molecule has 0 spiro atoms. The van der Waals surface area contributed by atoms with Gasteiger partial charge in [-0.2, -0.15) is 0 Å². The van der Waals surface area contributed by atoms with E-state index < -0.39 is 53.7 Å². The van der Waals surface area contributed by atoms with Crippen molar-refractivity contribution < 1.29 is 24.0 Å². The Kier molecular flexibility index (Phi) is 13.1. The fraction of sp³-hybridized carbons (Fsp3) is 0.324. The van der Waals surface area contributed by atoms with Gasteiger partial charge < -0.3 is 48.4 Å². The lowest BCUT2D eigenvalue weighted by Gasteiger charge is -2.26. The standard InChI is InChI=1S/C34H43N11O5/c1-20(46)42-29(16-23-18-38-19-41-23)33(50)45-28(14-21-8-3-2-4-9-21)32(49)43-26(12-7-13-39-34(36)37)31(48)44-27(30(35)47)15-22-17-40-25-11-6-5-10-24(22)25/h2-6,8-11,17-19,26-29,40H,7,12-16H2,1H3,(H2,35,47)(H,38,41)(H,42,46)(H,43,49)(H,44,48)(H,45,50)(H4,36,37,39)/t26-,27+,28-,29-/m0/s1. The molecule has 12 N–H and O–H groups in total. The molecule has 2 aromatic carbocycles. The molecule has 0 radical (unpaired) electrons. The maximum absolute atomic E-state index is 14.0. The van der Waals surface area contributed by atoms with Crippen molar-refractivity contribution in [3.05, 3.63) is 90.1 Å². The molecule has 5 amide bonds. The van der Waals surface area contributed by atoms with Crippen molar-refractivity contribution in [3.63, 3.8) is 0 Å². The van der Waals surface area contributed by atoms with Crippen molar-refractivity contribution in [3.8, 4) is 0 Å². The summed E-state index contributed by atoms with van der Waals surface area (Å²) >= 11 is 0. The van der Waals surface area contributed by atoms with Crippen LogP contribution in [-0.2, 0) is 43.2 Å². The number of hydrogen-bond donors (Lipinski definition) is 9. The van der Waals surface area contributed by atoms with E-state index in [1.807, 2.05) is 30.3 Å². The molecule has 16 nitrogen and oxygen atoms in total. The van der Waals surface area contributed by atoms with E-state index in [2.05, 4.69) is 41.2 Å². The van der Waals surface area contributed by atoms with Gasteiger partial charge in [-0.15, -0.1) is 0 Å². The van der Waals surface area contributed by atoms with Crippen molar-refractivity contribution in [2.45, 2.75) is 63.2 Å². The van der Waals surface area contributed by atoms with Crippen LogP contribution in [0.2, 0.25) is 0 Å². The SMILES string of the molecule is CC(=O)N[C@@H](Cc1cnc[nH]1)C(=O)N[C@@H](Cc1ccccc1)C(=O)N[C@@H](CCCN=C(N)N)C(=O)N[C@H](Cc1c[nH]c2ccccc12)C(N)=O. The first-order valence-corrected chi connectivity index (χ1v) is 16.1. The van der Waals surface area contributed by atoms with Crippen molar-refractivity contribution in [1.29, 1.82) is 0 Å². The molecule has 0 fully saturated rings. The highest BCUT2D eigenvalue weighted by Crippen LogP contribution is 2.19. The number of fused-ring (bicyclic) bond motifs is 1. The predicted octanol–water partition coefficient (Wildman–Crippen LogP) is -0.583. The zero-order valence-corrected chi connectivity index (χ0v) is 27.6. The van der Waals surface area contributed by atoms with E-state index in [0.29, 0.717) is 12.1 Å². The summed E-state index contributed by atoms with van der Waals surface area (Å²) in [6.45, 7) is 1.46. The normalized spacial score (nSPS) is 13.3. The average Bonchev–Trinajstić information content (AvgIpc) is 3.75. The van der Waals surface area contributed by atoms with Crippen LogP contribution in [0.4, 0.5) is 0 Å². The minimum atomic E-state index is -1.16. The van der Waals surface area contributed by atoms with E-state index in [-0.39, 0.29) is 38.2 Å². The van der Waals surface area contributed by atoms with Crippen LogP contribution in [-0.4, -0.2) is 81.2 Å². The van der Waals surface area contributed by atoms with Crippen LogP contribution in [0.1, 0.15) is 36.6 Å². The number of nitrogens with one attached hydrogen (secondary N) is 6. The first-order chi connectivity index (χ1) is 24.0. The van der Waals surface area contributed by atoms with E-state index in [1.165, 1.54) is 19.4 Å². The molecule has 0 aliphatic heterocycles. The molecule has 0 aliphatic rings. The number of carbonyl (C=O) groups is 5. The third kappa shape index (κ3) is 10.9. The highest BCUT2D eigenvalue weighted by atomic mass is 16.2. The Morgan fingerprint density at radius 2 is 1.40 bits per heavy atom. The Labute approximate surface area is 288 Å². The second-order valence-corrected chi connectivity index (χ2v) is 11.8. The Morgan fingerprint density at radius 3 is 2.06 bits per heavy atom. The molecule has 4 aromatic rings. The van der Waals surface area contributed by atoms with Crippen LogP contribution in [0.15, 0.2) is 78.3 Å². The molecule has 0 aliphatic carbocycles. The van der Waals surface area contributed by atoms with Crippen LogP contribution in [0.25, 0.3) is 10.9 Å². The van der Waals surface area contributed by atoms with Crippen molar-refractivity contribution in [2.75, 3.05) is 6.54 Å². The Morgan fingerprint density at radius 1 is 0.760 bits per heavy atom. The van der Waals surface area contributed by atoms with Crippen LogP contribution >= 0.6 is 0 Å². The number of imidazole rings is 1. The van der Waals surface area contributed by atoms with Gasteiger partial charge in [0.2, 0.25) is 29.5 Å². The third-order valence-electron chi connectivity index (χ3n) is 7.93. The van der Waals surface area contributed by atoms with Crippen molar-refractivity contribution in [1.82, 2.24) is 36.2 Å². The van der Waals surface area contributed by atoms with Gasteiger partial charge >= 0.3 is 0 Å². The molecule has 264 valence electrons. The summed E-state index contributed by atoms with van der Waals surface area (Å²) < 4.78 is 0. The second kappa shape index (κ2) is 17.8. The molecule has 0 unspecified atom stereocenters. The number of aliphatic imine (C=N–C) groups is 1. The number of guanidine groups is 1. The Balaban J connectivity index is 1.55. The summed E-state index contributed by atoms with van der Waals surface area (Å²) in [6.07, 6.45) is 5.38. The van der Waals surface area contributed by atoms with Crippen LogP contribution < -0.4 is 38.5 Å². The van der Waals surface area contributed by atoms with Gasteiger partial charge in [-0.25, -0.2) is 4.98 Å². The summed E-state index contributed by atoms with van der Waals surface area (Å²) in [5.74, 6) is -3.27. The number of nitrogens with two attached hydrogens (primary N) is 3. The number of rotatable bonds is 18. The van der Waals surface area contributed by atoms with E-state index in [1.54, 1.807) is 30.5 Å². The number of aromatic amines is 2. The van der Waals surface area contributed by atoms with Gasteiger partial charge in [0.05, 0.1) is 6.33 Å². The maximum Gasteiger partial charge on any atom is 0.243 e. The lowest BCUT2D eigenvalue weighted by atomic mass is 10.0. The largest absolute Gasteiger partial charge is 0.370 e. The smallest absolute Gasteiger partial charge is 0.243 e. The number of H-pyrrole nitrogens is 2. The molecule has 16 heteroatoms. The second-order valence-electron chi connectivity index (χ2n) is 11.8. The number of amides is 5. The van der Waals surface area contributed by atoms with Crippen molar-refractivity contribution in [2.24, 2.45) is 22.2 Å². The number of primary amides is 1. The summed E-state index contributed by atoms with van der Waals surface area (Å²) in [4.78, 5) is 79.7. The monoisotopic (exact) mass is 685 g/mol. The zero-order chi connectivity index (χ0) is 36.0. The number of hydrogen-bond acceptors (Lipinski definition) is 7. The predicted molar refractivity (Wildman–Crippen MR) is 187 cm³/mol. The van der Waals surface area contributed by atoms with Gasteiger partial charge in [0, 0.05) is 61.7 Å². The molecule has 50 heavy (non-hydrogen) atoms. The average molecular weight is 686 g/mol. The summed E-state index contributed by atoms with van der Waals surface area (Å²) in [6, 6.07) is 12.1. The summed E-state index contributed by atoms with van der Waals surface area (Å²) in [7, 11) is 0. The quantitative estimate of drug-likeness (QED) is 0.0370. The van der Waals surface area contributed by atoms with Gasteiger partial charge in [-0.05, 0) is 30.0 Å². The van der Waals surface area contributed by atoms with Crippen LogP contribution in [0.3, 0.4) is 0 Å². The molecule has 0 saturated heterocycles. The van der Waals surface area contributed by atoms with Gasteiger partial charge in [-0.1, -0.05) is 48.5 Å². The van der Waals surface area contributed by atoms with Crippen LogP contribution in [0, 0.1) is 0 Å². The lowest BCUT2D eigenvalue weighted by Crippen LogP contribution is -2.59. The van der Waals surface area contributed by atoms with E-state index in [4.69, 9.17) is 17.2 Å². The summed E-state index contributed by atoms with van der Waals surface area (Å²) in [5, 5.41) is 11.7. The fourth-order valence-electron chi connectivity index (χ4n) is 5.46.